The van der Waals surface area contributed by atoms with Crippen LogP contribution in [0.1, 0.15) is 43.8 Å². The van der Waals surface area contributed by atoms with Crippen LogP contribution in [-0.4, -0.2) is 29.6 Å². The molecule has 0 radical (unpaired) electrons. The molecule has 1 aromatic rings. The normalized spacial score (nSPS) is 27.1. The van der Waals surface area contributed by atoms with E-state index in [1.54, 1.807) is 24.3 Å². The Morgan fingerprint density at radius 1 is 1.26 bits per heavy atom. The Bertz CT molecular complexity index is 512. The summed E-state index contributed by atoms with van der Waals surface area (Å²) in [5.74, 6) is 0.519. The number of nitrogens with one attached hydrogen (secondary N) is 2. The minimum atomic E-state index is -0.689. The zero-order valence-electron chi connectivity index (χ0n) is 13.0. The van der Waals surface area contributed by atoms with E-state index >= 15 is 0 Å². The molecule has 3 unspecified atom stereocenters. The number of halogens is 2. The van der Waals surface area contributed by atoms with E-state index in [-0.39, 0.29) is 24.9 Å². The number of hydrogen-bond donors (Lipinski definition) is 3. The molecule has 128 valence electrons. The molecule has 2 bridgehead atoms. The Kier molecular flexibility index (Phi) is 6.72. The topological polar surface area (TPSA) is 61.4 Å². The van der Waals surface area contributed by atoms with Gasteiger partial charge in [0.2, 0.25) is 5.91 Å². The van der Waals surface area contributed by atoms with Crippen molar-refractivity contribution in [3.8, 4) is 0 Å². The SMILES string of the molecule is Cl.O=C(CC1CC2CCC(C1)N2)NCC(O)c1ccc(Cl)cc1. The van der Waals surface area contributed by atoms with E-state index in [2.05, 4.69) is 10.6 Å². The average molecular weight is 359 g/mol. The van der Waals surface area contributed by atoms with Crippen LogP contribution in [-0.2, 0) is 4.79 Å². The predicted octanol–water partition coefficient (Wildman–Crippen LogP) is 2.83. The van der Waals surface area contributed by atoms with Crippen molar-refractivity contribution in [3.05, 3.63) is 34.9 Å². The van der Waals surface area contributed by atoms with Crippen LogP contribution in [0.15, 0.2) is 24.3 Å². The van der Waals surface area contributed by atoms with Crippen LogP contribution >= 0.6 is 24.0 Å². The van der Waals surface area contributed by atoms with Crippen molar-refractivity contribution in [1.29, 1.82) is 0 Å². The molecule has 0 saturated carbocycles. The lowest BCUT2D eigenvalue weighted by Crippen LogP contribution is -2.40. The zero-order valence-corrected chi connectivity index (χ0v) is 14.6. The number of piperidine rings is 1. The molecular weight excluding hydrogens is 335 g/mol. The third kappa shape index (κ3) is 5.08. The minimum Gasteiger partial charge on any atom is -0.387 e. The van der Waals surface area contributed by atoms with Gasteiger partial charge in [-0.05, 0) is 49.3 Å². The Morgan fingerprint density at radius 3 is 2.48 bits per heavy atom. The highest BCUT2D eigenvalue weighted by molar-refractivity contribution is 6.30. The summed E-state index contributed by atoms with van der Waals surface area (Å²) < 4.78 is 0. The second kappa shape index (κ2) is 8.34. The van der Waals surface area contributed by atoms with Gasteiger partial charge < -0.3 is 15.7 Å². The first-order chi connectivity index (χ1) is 10.6. The first-order valence-electron chi connectivity index (χ1n) is 8.06. The fourth-order valence-electron chi connectivity index (χ4n) is 3.69. The number of rotatable bonds is 5. The number of aliphatic hydroxyl groups excluding tert-OH is 1. The van der Waals surface area contributed by atoms with Gasteiger partial charge in [0, 0.05) is 30.1 Å². The van der Waals surface area contributed by atoms with Gasteiger partial charge in [-0.1, -0.05) is 23.7 Å². The van der Waals surface area contributed by atoms with Crippen LogP contribution in [0.4, 0.5) is 0 Å². The highest BCUT2D eigenvalue weighted by atomic mass is 35.5. The maximum absolute atomic E-state index is 12.1. The summed E-state index contributed by atoms with van der Waals surface area (Å²) in [4.78, 5) is 12.1. The number of carbonyl (C=O) groups excluding carboxylic acids is 1. The zero-order chi connectivity index (χ0) is 15.5. The Labute approximate surface area is 148 Å². The van der Waals surface area contributed by atoms with Crippen molar-refractivity contribution in [2.24, 2.45) is 5.92 Å². The molecule has 23 heavy (non-hydrogen) atoms. The summed E-state index contributed by atoms with van der Waals surface area (Å²) in [5.41, 5.74) is 0.768. The molecule has 2 saturated heterocycles. The van der Waals surface area contributed by atoms with Gasteiger partial charge in [0.25, 0.3) is 0 Å². The van der Waals surface area contributed by atoms with E-state index in [1.807, 2.05) is 0 Å². The molecule has 2 aliphatic heterocycles. The first kappa shape index (κ1) is 18.5. The molecule has 0 spiro atoms. The highest BCUT2D eigenvalue weighted by Crippen LogP contribution is 2.32. The highest BCUT2D eigenvalue weighted by Gasteiger charge is 2.34. The van der Waals surface area contributed by atoms with Crippen LogP contribution in [0.5, 0.6) is 0 Å². The van der Waals surface area contributed by atoms with Crippen molar-refractivity contribution in [2.45, 2.75) is 50.3 Å². The molecule has 2 fully saturated rings. The lowest BCUT2D eigenvalue weighted by atomic mass is 9.89. The summed E-state index contributed by atoms with van der Waals surface area (Å²) in [6.07, 6.45) is 4.58. The van der Waals surface area contributed by atoms with Gasteiger partial charge in [-0.3, -0.25) is 4.79 Å². The molecule has 0 aromatic heterocycles. The summed E-state index contributed by atoms with van der Waals surface area (Å²) in [6.45, 7) is 0.248. The Balaban J connectivity index is 0.00000192. The van der Waals surface area contributed by atoms with E-state index in [4.69, 9.17) is 11.6 Å². The van der Waals surface area contributed by atoms with Gasteiger partial charge in [-0.15, -0.1) is 12.4 Å². The summed E-state index contributed by atoms with van der Waals surface area (Å²) in [5, 5.41) is 17.2. The van der Waals surface area contributed by atoms with Gasteiger partial charge in [-0.2, -0.15) is 0 Å². The third-order valence-electron chi connectivity index (χ3n) is 4.79. The molecule has 3 rings (SSSR count). The molecule has 6 heteroatoms. The summed E-state index contributed by atoms with van der Waals surface area (Å²) >= 11 is 5.82. The van der Waals surface area contributed by atoms with Crippen molar-refractivity contribution in [3.63, 3.8) is 0 Å². The second-order valence-electron chi connectivity index (χ2n) is 6.55. The number of carbonyl (C=O) groups is 1. The standard InChI is InChI=1S/C17H23ClN2O2.ClH/c18-13-3-1-12(2-4-13)16(21)10-19-17(22)9-11-7-14-5-6-15(8-11)20-14;/h1-4,11,14-16,20-21H,5-10H2,(H,19,22);1H. The lowest BCUT2D eigenvalue weighted by molar-refractivity contribution is -0.122. The predicted molar refractivity (Wildman–Crippen MR) is 94.0 cm³/mol. The number of aliphatic hydroxyl groups is 1. The number of fused-ring (bicyclic) bond motifs is 2. The first-order valence-corrected chi connectivity index (χ1v) is 8.44. The maximum atomic E-state index is 12.1. The minimum absolute atomic E-state index is 0. The van der Waals surface area contributed by atoms with Gasteiger partial charge in [0.15, 0.2) is 0 Å². The van der Waals surface area contributed by atoms with Crippen LogP contribution in [0.2, 0.25) is 5.02 Å². The van der Waals surface area contributed by atoms with Crippen molar-refractivity contribution in [2.75, 3.05) is 6.54 Å². The van der Waals surface area contributed by atoms with Crippen molar-refractivity contribution in [1.82, 2.24) is 10.6 Å². The smallest absolute Gasteiger partial charge is 0.220 e. The number of amides is 1. The summed E-state index contributed by atoms with van der Waals surface area (Å²) in [7, 11) is 0. The molecule has 4 nitrogen and oxygen atoms in total. The quantitative estimate of drug-likeness (QED) is 0.758. The van der Waals surface area contributed by atoms with Crippen molar-refractivity contribution < 1.29 is 9.90 Å². The Morgan fingerprint density at radius 2 is 1.87 bits per heavy atom. The molecular formula is C17H24Cl2N2O2. The fraction of sp³-hybridized carbons (Fsp3) is 0.588. The fourth-order valence-corrected chi connectivity index (χ4v) is 3.82. The molecule has 1 aromatic carbocycles. The van der Waals surface area contributed by atoms with Gasteiger partial charge in [0.1, 0.15) is 0 Å². The van der Waals surface area contributed by atoms with Crippen LogP contribution < -0.4 is 10.6 Å². The largest absolute Gasteiger partial charge is 0.387 e. The monoisotopic (exact) mass is 358 g/mol. The molecule has 3 atom stereocenters. The van der Waals surface area contributed by atoms with Gasteiger partial charge in [-0.25, -0.2) is 0 Å². The molecule has 2 heterocycles. The van der Waals surface area contributed by atoms with Crippen LogP contribution in [0.3, 0.4) is 0 Å². The van der Waals surface area contributed by atoms with Crippen LogP contribution in [0.25, 0.3) is 0 Å². The third-order valence-corrected chi connectivity index (χ3v) is 5.04. The molecule has 0 aliphatic carbocycles. The molecule has 2 aliphatic rings. The van der Waals surface area contributed by atoms with E-state index in [9.17, 15) is 9.90 Å². The second-order valence-corrected chi connectivity index (χ2v) is 6.99. The Hall–Kier alpha value is -0.810. The number of hydrogen-bond acceptors (Lipinski definition) is 3. The van der Waals surface area contributed by atoms with E-state index < -0.39 is 6.10 Å². The van der Waals surface area contributed by atoms with E-state index in [0.29, 0.717) is 29.4 Å². The van der Waals surface area contributed by atoms with E-state index in [0.717, 1.165) is 18.4 Å². The molecule has 3 N–H and O–H groups in total. The lowest BCUT2D eigenvalue weighted by Gasteiger charge is -2.28. The summed E-state index contributed by atoms with van der Waals surface area (Å²) in [6, 6.07) is 8.26. The van der Waals surface area contributed by atoms with Crippen molar-refractivity contribution >= 4 is 29.9 Å². The maximum Gasteiger partial charge on any atom is 0.220 e. The average Bonchev–Trinajstić information content (AvgIpc) is 2.84. The van der Waals surface area contributed by atoms with E-state index in [1.165, 1.54) is 12.8 Å². The van der Waals surface area contributed by atoms with Crippen LogP contribution in [0, 0.1) is 5.92 Å². The number of benzene rings is 1. The molecule has 1 amide bonds. The van der Waals surface area contributed by atoms with Gasteiger partial charge >= 0.3 is 0 Å². The van der Waals surface area contributed by atoms with Gasteiger partial charge in [0.05, 0.1) is 6.10 Å².